The highest BCUT2D eigenvalue weighted by atomic mass is 16.7. The third-order valence-electron chi connectivity index (χ3n) is 1.80. The molecule has 1 saturated heterocycles. The van der Waals surface area contributed by atoms with Crippen LogP contribution in [0.5, 0.6) is 0 Å². The highest BCUT2D eigenvalue weighted by molar-refractivity contribution is 5.67. The topological polar surface area (TPSA) is 41.6 Å². The summed E-state index contributed by atoms with van der Waals surface area (Å²) in [5, 5.41) is 0. The largest absolute Gasteiger partial charge is 0.428 e. The van der Waals surface area contributed by atoms with Crippen LogP contribution < -0.4 is 5.48 Å². The van der Waals surface area contributed by atoms with Crippen molar-refractivity contribution in [1.82, 2.24) is 10.4 Å². The second-order valence-electron chi connectivity index (χ2n) is 2.62. The molecule has 0 radical (unpaired) electrons. The van der Waals surface area contributed by atoms with Gasteiger partial charge in [-0.3, -0.25) is 0 Å². The standard InChI is InChI=1S/C7H14N2O2/c1-8-11-7(10)9-5-3-2-4-6-9/h8H,2-6H2,1H3. The van der Waals surface area contributed by atoms with Crippen LogP contribution in [0, 0.1) is 0 Å². The van der Waals surface area contributed by atoms with E-state index in [-0.39, 0.29) is 6.09 Å². The van der Waals surface area contributed by atoms with Gasteiger partial charge in [-0.2, -0.15) is 5.48 Å². The van der Waals surface area contributed by atoms with Crippen molar-refractivity contribution in [1.29, 1.82) is 0 Å². The van der Waals surface area contributed by atoms with Crippen LogP contribution in [-0.2, 0) is 4.84 Å². The van der Waals surface area contributed by atoms with Gasteiger partial charge in [-0.05, 0) is 19.3 Å². The highest BCUT2D eigenvalue weighted by Gasteiger charge is 2.16. The maximum atomic E-state index is 11.0. The molecule has 0 saturated carbocycles. The van der Waals surface area contributed by atoms with Crippen molar-refractivity contribution < 1.29 is 9.63 Å². The first-order valence-corrected chi connectivity index (χ1v) is 3.97. The van der Waals surface area contributed by atoms with Crippen molar-refractivity contribution in [3.8, 4) is 0 Å². The smallest absolute Gasteiger partial charge is 0.354 e. The van der Waals surface area contributed by atoms with Gasteiger partial charge in [-0.1, -0.05) is 0 Å². The average Bonchev–Trinajstić information content (AvgIpc) is 2.07. The molecule has 1 rings (SSSR count). The number of carbonyl (C=O) groups excluding carboxylic acids is 1. The van der Waals surface area contributed by atoms with Crippen molar-refractivity contribution in [2.24, 2.45) is 0 Å². The molecule has 0 unspecified atom stereocenters. The van der Waals surface area contributed by atoms with E-state index in [1.807, 2.05) is 0 Å². The summed E-state index contributed by atoms with van der Waals surface area (Å²) >= 11 is 0. The third-order valence-corrected chi connectivity index (χ3v) is 1.80. The van der Waals surface area contributed by atoms with E-state index in [1.54, 1.807) is 11.9 Å². The van der Waals surface area contributed by atoms with Gasteiger partial charge in [0.05, 0.1) is 0 Å². The van der Waals surface area contributed by atoms with Gasteiger partial charge in [0.1, 0.15) is 0 Å². The molecule has 4 nitrogen and oxygen atoms in total. The number of piperidine rings is 1. The minimum atomic E-state index is -0.257. The van der Waals surface area contributed by atoms with Crippen LogP contribution in [-0.4, -0.2) is 31.1 Å². The monoisotopic (exact) mass is 158 g/mol. The lowest BCUT2D eigenvalue weighted by atomic mass is 10.1. The van der Waals surface area contributed by atoms with Crippen molar-refractivity contribution in [3.63, 3.8) is 0 Å². The van der Waals surface area contributed by atoms with Crippen LogP contribution >= 0.6 is 0 Å². The summed E-state index contributed by atoms with van der Waals surface area (Å²) in [5.41, 5.74) is 2.37. The molecule has 1 N–H and O–H groups in total. The van der Waals surface area contributed by atoms with E-state index >= 15 is 0 Å². The summed E-state index contributed by atoms with van der Waals surface area (Å²) in [6.45, 7) is 1.67. The Bertz CT molecular complexity index is 132. The van der Waals surface area contributed by atoms with E-state index in [0.29, 0.717) is 0 Å². The molecule has 0 spiro atoms. The van der Waals surface area contributed by atoms with E-state index in [2.05, 4.69) is 10.3 Å². The molecule has 0 atom stereocenters. The van der Waals surface area contributed by atoms with Crippen molar-refractivity contribution in [3.05, 3.63) is 0 Å². The number of amides is 1. The summed E-state index contributed by atoms with van der Waals surface area (Å²) in [6.07, 6.45) is 3.16. The zero-order chi connectivity index (χ0) is 8.10. The van der Waals surface area contributed by atoms with E-state index in [1.165, 1.54) is 6.42 Å². The van der Waals surface area contributed by atoms with Gasteiger partial charge in [0.15, 0.2) is 0 Å². The summed E-state index contributed by atoms with van der Waals surface area (Å²) in [6, 6.07) is 0. The third kappa shape index (κ3) is 2.38. The minimum Gasteiger partial charge on any atom is -0.354 e. The van der Waals surface area contributed by atoms with Crippen molar-refractivity contribution in [2.45, 2.75) is 19.3 Å². The fourth-order valence-corrected chi connectivity index (χ4v) is 1.23. The number of hydrogen-bond donors (Lipinski definition) is 1. The van der Waals surface area contributed by atoms with Crippen LogP contribution in [0.25, 0.3) is 0 Å². The number of nitrogens with zero attached hydrogens (tertiary/aromatic N) is 1. The van der Waals surface area contributed by atoms with Crippen LogP contribution in [0.3, 0.4) is 0 Å². The normalized spacial score (nSPS) is 18.1. The first-order valence-electron chi connectivity index (χ1n) is 3.97. The predicted molar refractivity (Wildman–Crippen MR) is 41.0 cm³/mol. The Balaban J connectivity index is 2.27. The van der Waals surface area contributed by atoms with Crippen LogP contribution in [0.2, 0.25) is 0 Å². The molecule has 0 aliphatic carbocycles. The Morgan fingerprint density at radius 2 is 2.00 bits per heavy atom. The number of carbonyl (C=O) groups is 1. The summed E-state index contributed by atoms with van der Waals surface area (Å²) < 4.78 is 0. The van der Waals surface area contributed by atoms with Crippen molar-refractivity contribution in [2.75, 3.05) is 20.1 Å². The molecule has 1 heterocycles. The van der Waals surface area contributed by atoms with E-state index in [9.17, 15) is 4.79 Å². The van der Waals surface area contributed by atoms with Gasteiger partial charge in [0.2, 0.25) is 0 Å². The Labute approximate surface area is 66.5 Å². The molecule has 0 aromatic rings. The van der Waals surface area contributed by atoms with Gasteiger partial charge >= 0.3 is 6.09 Å². The summed E-state index contributed by atoms with van der Waals surface area (Å²) in [7, 11) is 1.59. The van der Waals surface area contributed by atoms with Gasteiger partial charge in [0.25, 0.3) is 0 Å². The van der Waals surface area contributed by atoms with Crippen LogP contribution in [0.1, 0.15) is 19.3 Å². The second kappa shape index (κ2) is 4.18. The minimum absolute atomic E-state index is 0.257. The molecule has 1 fully saturated rings. The quantitative estimate of drug-likeness (QED) is 0.572. The van der Waals surface area contributed by atoms with Crippen LogP contribution in [0.4, 0.5) is 4.79 Å². The summed E-state index contributed by atoms with van der Waals surface area (Å²) in [5.74, 6) is 0. The van der Waals surface area contributed by atoms with Gasteiger partial charge < -0.3 is 9.74 Å². The molecule has 64 valence electrons. The SMILES string of the molecule is CNOC(=O)N1CCCCC1. The fourth-order valence-electron chi connectivity index (χ4n) is 1.23. The first-order chi connectivity index (χ1) is 5.34. The zero-order valence-corrected chi connectivity index (χ0v) is 6.80. The lowest BCUT2D eigenvalue weighted by Gasteiger charge is -2.24. The molecule has 0 aromatic carbocycles. The highest BCUT2D eigenvalue weighted by Crippen LogP contribution is 2.08. The predicted octanol–water partition coefficient (Wildman–Crippen LogP) is 0.743. The van der Waals surface area contributed by atoms with Crippen LogP contribution in [0.15, 0.2) is 0 Å². The van der Waals surface area contributed by atoms with Gasteiger partial charge in [-0.25, -0.2) is 4.79 Å². The maximum Gasteiger partial charge on any atom is 0.428 e. The van der Waals surface area contributed by atoms with Crippen molar-refractivity contribution >= 4 is 6.09 Å². The number of hydrogen-bond acceptors (Lipinski definition) is 3. The zero-order valence-electron chi connectivity index (χ0n) is 6.80. The Morgan fingerprint density at radius 3 is 2.55 bits per heavy atom. The molecule has 1 amide bonds. The van der Waals surface area contributed by atoms with E-state index in [0.717, 1.165) is 25.9 Å². The molecule has 0 bridgehead atoms. The number of likely N-dealkylation sites (tertiary alicyclic amines) is 1. The number of hydroxylamine groups is 1. The maximum absolute atomic E-state index is 11.0. The number of nitrogens with one attached hydrogen (secondary N) is 1. The lowest BCUT2D eigenvalue weighted by Crippen LogP contribution is -2.37. The van der Waals surface area contributed by atoms with Gasteiger partial charge in [0, 0.05) is 20.1 Å². The molecule has 11 heavy (non-hydrogen) atoms. The Morgan fingerprint density at radius 1 is 1.36 bits per heavy atom. The second-order valence-corrected chi connectivity index (χ2v) is 2.62. The molecular formula is C7H14N2O2. The molecular weight excluding hydrogens is 144 g/mol. The first kappa shape index (κ1) is 8.33. The lowest BCUT2D eigenvalue weighted by molar-refractivity contribution is 0.0600. The average molecular weight is 158 g/mol. The molecule has 1 aliphatic rings. The molecule has 0 aromatic heterocycles. The van der Waals surface area contributed by atoms with Gasteiger partial charge in [-0.15, -0.1) is 0 Å². The Kier molecular flexibility index (Phi) is 3.16. The van der Waals surface area contributed by atoms with E-state index in [4.69, 9.17) is 0 Å². The number of rotatable bonds is 1. The Hall–Kier alpha value is -0.770. The molecule has 4 heteroatoms. The molecule has 1 aliphatic heterocycles. The summed E-state index contributed by atoms with van der Waals surface area (Å²) in [4.78, 5) is 17.4. The fraction of sp³-hybridized carbons (Fsp3) is 0.857. The van der Waals surface area contributed by atoms with E-state index < -0.39 is 0 Å².